The van der Waals surface area contributed by atoms with Gasteiger partial charge >= 0.3 is 0 Å². The van der Waals surface area contributed by atoms with Crippen LogP contribution in [0.5, 0.6) is 0 Å². The summed E-state index contributed by atoms with van der Waals surface area (Å²) in [6, 6.07) is 21.9. The number of hydrogen-bond acceptors (Lipinski definition) is 4. The largest absolute Gasteiger partial charge is 0.378 e. The summed E-state index contributed by atoms with van der Waals surface area (Å²) < 4.78 is 5.34. The zero-order valence-corrected chi connectivity index (χ0v) is 20.8. The van der Waals surface area contributed by atoms with Gasteiger partial charge in [-0.15, -0.1) is 0 Å². The third-order valence-corrected chi connectivity index (χ3v) is 7.50. The molecule has 1 saturated heterocycles. The highest BCUT2D eigenvalue weighted by Crippen LogP contribution is 2.42. The van der Waals surface area contributed by atoms with Crippen molar-refractivity contribution >= 4 is 35.3 Å². The van der Waals surface area contributed by atoms with Gasteiger partial charge in [0.15, 0.2) is 0 Å². The highest BCUT2D eigenvalue weighted by Gasteiger charge is 2.29. The number of benzene rings is 3. The second-order valence-corrected chi connectivity index (χ2v) is 10.0. The van der Waals surface area contributed by atoms with Crippen molar-refractivity contribution in [2.24, 2.45) is 0 Å². The van der Waals surface area contributed by atoms with Gasteiger partial charge in [-0.3, -0.25) is 9.59 Å². The van der Waals surface area contributed by atoms with E-state index in [1.807, 2.05) is 58.3 Å². The van der Waals surface area contributed by atoms with Gasteiger partial charge in [0, 0.05) is 23.5 Å². The fourth-order valence-electron chi connectivity index (χ4n) is 4.38. The van der Waals surface area contributed by atoms with E-state index in [0.717, 1.165) is 21.7 Å². The maximum Gasteiger partial charge on any atom is 0.265 e. The molecule has 5 nitrogen and oxygen atoms in total. The minimum absolute atomic E-state index is 0.0110. The first-order valence-corrected chi connectivity index (χ1v) is 12.6. The third kappa shape index (κ3) is 5.04. The Kier molecular flexibility index (Phi) is 6.75. The van der Waals surface area contributed by atoms with E-state index in [2.05, 4.69) is 38.1 Å². The first-order valence-electron chi connectivity index (χ1n) is 11.8. The van der Waals surface area contributed by atoms with Crippen LogP contribution < -0.4 is 4.90 Å². The average molecular weight is 485 g/mol. The quantitative estimate of drug-likeness (QED) is 0.462. The molecule has 3 aromatic rings. The number of thioether (sulfide) groups is 1. The molecule has 2 amide bonds. The van der Waals surface area contributed by atoms with Crippen molar-refractivity contribution in [3.63, 3.8) is 0 Å². The van der Waals surface area contributed by atoms with Crippen LogP contribution in [-0.2, 0) is 16.1 Å². The van der Waals surface area contributed by atoms with Gasteiger partial charge in [0.05, 0.1) is 30.4 Å². The molecule has 5 rings (SSSR count). The number of carbonyl (C=O) groups excluding carboxylic acids is 2. The molecule has 0 spiro atoms. The standard InChI is InChI=1S/C29H28N2O3S/c1-20-7-8-21(2)24(17-20)19-31-25-5-3-4-6-26(25)35-27(29(31)33)18-22-9-11-23(12-10-22)28(32)30-13-15-34-16-14-30/h3-12,17-18H,13-16,19H2,1-2H3/b27-18-. The molecule has 0 aliphatic carbocycles. The molecular formula is C29H28N2O3S. The van der Waals surface area contributed by atoms with Gasteiger partial charge in [-0.2, -0.15) is 0 Å². The van der Waals surface area contributed by atoms with Crippen molar-refractivity contribution < 1.29 is 14.3 Å². The molecule has 2 aliphatic heterocycles. The number of ether oxygens (including phenoxy) is 1. The highest BCUT2D eigenvalue weighted by molar-refractivity contribution is 8.04. The van der Waals surface area contributed by atoms with Gasteiger partial charge in [-0.1, -0.05) is 59.8 Å². The molecule has 0 aromatic heterocycles. The lowest BCUT2D eigenvalue weighted by Crippen LogP contribution is -2.40. The van der Waals surface area contributed by atoms with Crippen LogP contribution in [0.4, 0.5) is 5.69 Å². The van der Waals surface area contributed by atoms with Crippen molar-refractivity contribution in [3.8, 4) is 0 Å². The lowest BCUT2D eigenvalue weighted by atomic mass is 10.0. The SMILES string of the molecule is Cc1ccc(C)c(CN2C(=O)/C(=C/c3ccc(C(=O)N4CCOCC4)cc3)Sc3ccccc32)c1. The predicted molar refractivity (Wildman–Crippen MR) is 141 cm³/mol. The zero-order chi connectivity index (χ0) is 24.4. The highest BCUT2D eigenvalue weighted by atomic mass is 32.2. The van der Waals surface area contributed by atoms with Crippen LogP contribution in [0.1, 0.15) is 32.6 Å². The summed E-state index contributed by atoms with van der Waals surface area (Å²) in [5.74, 6) is 0.00678. The molecule has 6 heteroatoms. The van der Waals surface area contributed by atoms with Crippen molar-refractivity contribution in [3.05, 3.63) is 99.5 Å². The minimum atomic E-state index is -0.0110. The molecule has 178 valence electrons. The molecule has 35 heavy (non-hydrogen) atoms. The Balaban J connectivity index is 1.42. The maximum absolute atomic E-state index is 13.6. The van der Waals surface area contributed by atoms with Crippen LogP contribution in [-0.4, -0.2) is 43.0 Å². The summed E-state index contributed by atoms with van der Waals surface area (Å²) in [7, 11) is 0. The van der Waals surface area contributed by atoms with Gasteiger partial charge in [-0.05, 0) is 60.9 Å². The predicted octanol–water partition coefficient (Wildman–Crippen LogP) is 5.46. The number of carbonyl (C=O) groups is 2. The van der Waals surface area contributed by atoms with Gasteiger partial charge in [-0.25, -0.2) is 0 Å². The summed E-state index contributed by atoms with van der Waals surface area (Å²) in [6.07, 6.45) is 1.92. The topological polar surface area (TPSA) is 49.9 Å². The van der Waals surface area contributed by atoms with E-state index >= 15 is 0 Å². The van der Waals surface area contributed by atoms with E-state index in [1.165, 1.54) is 22.9 Å². The fourth-order valence-corrected chi connectivity index (χ4v) is 5.44. The van der Waals surface area contributed by atoms with E-state index in [4.69, 9.17) is 4.74 Å². The number of hydrogen-bond donors (Lipinski definition) is 0. The third-order valence-electron chi connectivity index (χ3n) is 6.42. The molecule has 2 heterocycles. The van der Waals surface area contributed by atoms with Crippen LogP contribution in [0.25, 0.3) is 6.08 Å². The zero-order valence-electron chi connectivity index (χ0n) is 20.0. The van der Waals surface area contributed by atoms with Crippen molar-refractivity contribution in [2.75, 3.05) is 31.2 Å². The van der Waals surface area contributed by atoms with Crippen LogP contribution >= 0.6 is 11.8 Å². The molecular weight excluding hydrogens is 456 g/mol. The summed E-state index contributed by atoms with van der Waals surface area (Å²) >= 11 is 1.50. The van der Waals surface area contributed by atoms with E-state index in [9.17, 15) is 9.59 Å². The smallest absolute Gasteiger partial charge is 0.265 e. The maximum atomic E-state index is 13.6. The Hall–Kier alpha value is -3.35. The van der Waals surface area contributed by atoms with Crippen LogP contribution in [0.15, 0.2) is 76.5 Å². The summed E-state index contributed by atoms with van der Waals surface area (Å²) in [5.41, 5.74) is 5.98. The normalized spacial score (nSPS) is 17.0. The first-order chi connectivity index (χ1) is 17.0. The number of para-hydroxylation sites is 1. The fraction of sp³-hybridized carbons (Fsp3) is 0.241. The number of rotatable bonds is 4. The number of amides is 2. The summed E-state index contributed by atoms with van der Waals surface area (Å²) in [6.45, 7) is 7.07. The first kappa shape index (κ1) is 23.4. The Morgan fingerprint density at radius 2 is 1.74 bits per heavy atom. The molecule has 1 fully saturated rings. The molecule has 0 atom stereocenters. The average Bonchev–Trinajstić information content (AvgIpc) is 2.89. The molecule has 2 aliphatic rings. The lowest BCUT2D eigenvalue weighted by molar-refractivity contribution is -0.114. The van der Waals surface area contributed by atoms with Gasteiger partial charge in [0.25, 0.3) is 11.8 Å². The Morgan fingerprint density at radius 3 is 2.51 bits per heavy atom. The van der Waals surface area contributed by atoms with Crippen LogP contribution in [0, 0.1) is 13.8 Å². The van der Waals surface area contributed by atoms with Crippen molar-refractivity contribution in [1.82, 2.24) is 4.90 Å². The summed E-state index contributed by atoms with van der Waals surface area (Å²) in [5, 5.41) is 0. The number of morpholine rings is 1. The Bertz CT molecular complexity index is 1290. The molecule has 0 bridgehead atoms. The molecule has 3 aromatic carbocycles. The molecule has 0 unspecified atom stereocenters. The van der Waals surface area contributed by atoms with Crippen LogP contribution in [0.3, 0.4) is 0 Å². The lowest BCUT2D eigenvalue weighted by Gasteiger charge is -2.31. The minimum Gasteiger partial charge on any atom is -0.378 e. The molecule has 0 N–H and O–H groups in total. The van der Waals surface area contributed by atoms with Gasteiger partial charge in [0.2, 0.25) is 0 Å². The van der Waals surface area contributed by atoms with E-state index < -0.39 is 0 Å². The van der Waals surface area contributed by atoms with Crippen molar-refractivity contribution in [1.29, 1.82) is 0 Å². The van der Waals surface area contributed by atoms with Crippen molar-refractivity contribution in [2.45, 2.75) is 25.3 Å². The second kappa shape index (κ2) is 10.1. The van der Waals surface area contributed by atoms with E-state index in [1.54, 1.807) is 0 Å². The van der Waals surface area contributed by atoms with Gasteiger partial charge < -0.3 is 14.5 Å². The van der Waals surface area contributed by atoms with E-state index in [-0.39, 0.29) is 11.8 Å². The Morgan fingerprint density at radius 1 is 1.00 bits per heavy atom. The number of aryl methyl sites for hydroxylation is 2. The molecule has 0 radical (unpaired) electrons. The second-order valence-electron chi connectivity index (χ2n) is 8.93. The summed E-state index contributed by atoms with van der Waals surface area (Å²) in [4.78, 5) is 31.8. The monoisotopic (exact) mass is 484 g/mol. The number of fused-ring (bicyclic) bond motifs is 1. The van der Waals surface area contributed by atoms with Gasteiger partial charge in [0.1, 0.15) is 0 Å². The Labute approximate surface area is 210 Å². The van der Waals surface area contributed by atoms with E-state index in [0.29, 0.717) is 43.3 Å². The molecule has 0 saturated carbocycles. The number of nitrogens with zero attached hydrogens (tertiary/aromatic N) is 2. The number of anilines is 1. The van der Waals surface area contributed by atoms with Crippen LogP contribution in [0.2, 0.25) is 0 Å².